The second kappa shape index (κ2) is 11.7. The van der Waals surface area contributed by atoms with Gasteiger partial charge in [0.2, 0.25) is 11.8 Å². The second-order valence-corrected chi connectivity index (χ2v) is 12.2. The van der Waals surface area contributed by atoms with Crippen LogP contribution in [0.1, 0.15) is 75.1 Å². The first-order valence-electron chi connectivity index (χ1n) is 15.7. The Morgan fingerprint density at radius 3 is 2.34 bits per heavy atom. The summed E-state index contributed by atoms with van der Waals surface area (Å²) in [5.41, 5.74) is 4.03. The van der Waals surface area contributed by atoms with Gasteiger partial charge in [-0.25, -0.2) is 0 Å². The molecule has 0 radical (unpaired) electrons. The van der Waals surface area contributed by atoms with Gasteiger partial charge in [-0.2, -0.15) is 5.10 Å². The van der Waals surface area contributed by atoms with Crippen LogP contribution < -0.4 is 9.80 Å². The van der Waals surface area contributed by atoms with Crippen molar-refractivity contribution in [3.63, 3.8) is 0 Å². The first-order chi connectivity index (χ1) is 21.5. The van der Waals surface area contributed by atoms with Crippen LogP contribution in [-0.4, -0.2) is 49.4 Å². The molecule has 224 valence electrons. The Labute approximate surface area is 256 Å². The van der Waals surface area contributed by atoms with Gasteiger partial charge in [-0.1, -0.05) is 67.8 Å². The lowest BCUT2D eigenvalue weighted by Crippen LogP contribution is -2.47. The number of hydrogen-bond donors (Lipinski definition) is 1. The molecule has 5 aromatic rings. The predicted octanol–water partition coefficient (Wildman–Crippen LogP) is 6.31. The van der Waals surface area contributed by atoms with Gasteiger partial charge in [0, 0.05) is 29.5 Å². The number of carbonyl (C=O) groups is 2. The maximum absolute atomic E-state index is 14.8. The van der Waals surface area contributed by atoms with Gasteiger partial charge >= 0.3 is 0 Å². The minimum atomic E-state index is -0.684. The number of aromatic nitrogens is 5. The molecule has 1 saturated carbocycles. The fraction of sp³-hybridized carbons (Fsp3) is 0.343. The summed E-state index contributed by atoms with van der Waals surface area (Å²) in [6, 6.07) is 25.3. The van der Waals surface area contributed by atoms with Crippen LogP contribution in [0.15, 0.2) is 78.9 Å². The van der Waals surface area contributed by atoms with Crippen molar-refractivity contribution in [3.05, 3.63) is 96.2 Å². The maximum atomic E-state index is 14.8. The highest BCUT2D eigenvalue weighted by atomic mass is 16.2. The van der Waals surface area contributed by atoms with E-state index in [9.17, 15) is 9.59 Å². The number of H-pyrrole nitrogens is 1. The summed E-state index contributed by atoms with van der Waals surface area (Å²) in [5, 5.41) is 18.2. The standard InChI is InChI=1S/C35H37N7O2/c1-23(2)41(25-15-7-4-8-16-25)32(43)22-40-30-19-11-12-20-31(30)42-33(24-13-5-3-6-14-24)38-39-34(42)27(35(40)44)21-29-26-17-9-10-18-28(26)36-37-29/h4,7-12,15-20,23-24,27H,3,5-6,13-14,21-22H2,1-2H3,(H,36,37). The number of rotatable bonds is 7. The number of nitrogens with zero attached hydrogens (tertiary/aromatic N) is 6. The van der Waals surface area contributed by atoms with Crippen LogP contribution in [0, 0.1) is 0 Å². The number of aromatic amines is 1. The quantitative estimate of drug-likeness (QED) is 0.241. The van der Waals surface area contributed by atoms with E-state index in [-0.39, 0.29) is 30.3 Å². The van der Waals surface area contributed by atoms with Crippen LogP contribution in [0.3, 0.4) is 0 Å². The number of fused-ring (bicyclic) bond motifs is 4. The van der Waals surface area contributed by atoms with Gasteiger partial charge in [-0.3, -0.25) is 19.3 Å². The van der Waals surface area contributed by atoms with Crippen molar-refractivity contribution >= 4 is 34.1 Å². The predicted molar refractivity (Wildman–Crippen MR) is 171 cm³/mol. The summed E-state index contributed by atoms with van der Waals surface area (Å²) in [5.74, 6) is 0.755. The Morgan fingerprint density at radius 2 is 1.57 bits per heavy atom. The van der Waals surface area contributed by atoms with Crippen molar-refractivity contribution in [3.8, 4) is 5.69 Å². The third-order valence-electron chi connectivity index (χ3n) is 9.03. The van der Waals surface area contributed by atoms with Crippen LogP contribution in [0.2, 0.25) is 0 Å². The Morgan fingerprint density at radius 1 is 0.886 bits per heavy atom. The smallest absolute Gasteiger partial charge is 0.247 e. The lowest BCUT2D eigenvalue weighted by molar-refractivity contribution is -0.123. The minimum absolute atomic E-state index is 0.0917. The second-order valence-electron chi connectivity index (χ2n) is 12.2. The molecule has 3 aromatic carbocycles. The van der Waals surface area contributed by atoms with E-state index in [0.29, 0.717) is 17.9 Å². The number of hydrogen-bond acceptors (Lipinski definition) is 5. The van der Waals surface area contributed by atoms with Crippen LogP contribution in [0.4, 0.5) is 11.4 Å². The molecule has 1 unspecified atom stereocenters. The van der Waals surface area contributed by atoms with Gasteiger partial charge in [-0.15, -0.1) is 10.2 Å². The highest BCUT2D eigenvalue weighted by Crippen LogP contribution is 2.40. The number of carbonyl (C=O) groups excluding carboxylic acids is 2. The SMILES string of the molecule is CC(C)N(C(=O)CN1C(=O)C(Cc2n[nH]c3ccccc23)c2nnc(C3CCCCC3)n2-c2ccccc21)c1ccccc1. The van der Waals surface area contributed by atoms with E-state index in [2.05, 4.69) is 14.8 Å². The van der Waals surface area contributed by atoms with E-state index in [4.69, 9.17) is 10.2 Å². The van der Waals surface area contributed by atoms with E-state index in [1.165, 1.54) is 6.42 Å². The Kier molecular flexibility index (Phi) is 7.46. The molecule has 2 aliphatic rings. The monoisotopic (exact) mass is 587 g/mol. The third-order valence-corrected chi connectivity index (χ3v) is 9.03. The molecule has 1 aliphatic heterocycles. The zero-order chi connectivity index (χ0) is 30.2. The summed E-state index contributed by atoms with van der Waals surface area (Å²) < 4.78 is 2.12. The molecule has 7 rings (SSSR count). The number of amides is 2. The molecule has 9 heteroatoms. The molecular weight excluding hydrogens is 550 g/mol. The number of nitrogens with one attached hydrogen (secondary N) is 1. The summed E-state index contributed by atoms with van der Waals surface area (Å²) >= 11 is 0. The molecule has 0 spiro atoms. The topological polar surface area (TPSA) is 100 Å². The molecule has 44 heavy (non-hydrogen) atoms. The van der Waals surface area contributed by atoms with Gasteiger partial charge in [0.1, 0.15) is 18.3 Å². The zero-order valence-electron chi connectivity index (χ0n) is 25.2. The van der Waals surface area contributed by atoms with E-state index in [1.54, 1.807) is 9.80 Å². The molecule has 0 saturated heterocycles. The summed E-state index contributed by atoms with van der Waals surface area (Å²) in [7, 11) is 0. The van der Waals surface area contributed by atoms with E-state index in [1.807, 2.05) is 92.7 Å². The van der Waals surface area contributed by atoms with Gasteiger partial charge in [0.25, 0.3) is 0 Å². The lowest BCUT2D eigenvalue weighted by Gasteiger charge is -2.31. The van der Waals surface area contributed by atoms with E-state index >= 15 is 0 Å². The molecule has 1 aliphatic carbocycles. The first kappa shape index (κ1) is 28.0. The molecule has 1 fully saturated rings. The van der Waals surface area contributed by atoms with E-state index < -0.39 is 5.92 Å². The lowest BCUT2D eigenvalue weighted by atomic mass is 9.88. The van der Waals surface area contributed by atoms with Crippen molar-refractivity contribution in [2.24, 2.45) is 0 Å². The summed E-state index contributed by atoms with van der Waals surface area (Å²) in [4.78, 5) is 32.4. The van der Waals surface area contributed by atoms with Gasteiger partial charge in [0.15, 0.2) is 5.82 Å². The van der Waals surface area contributed by atoms with Crippen molar-refractivity contribution < 1.29 is 9.59 Å². The molecular formula is C35H37N7O2. The molecule has 1 N–H and O–H groups in total. The van der Waals surface area contributed by atoms with E-state index in [0.717, 1.165) is 59.5 Å². The number of benzene rings is 3. The summed E-state index contributed by atoms with van der Waals surface area (Å²) in [6.45, 7) is 3.89. The normalized spacial score (nSPS) is 17.0. The third kappa shape index (κ3) is 4.96. The Hall–Kier alpha value is -4.79. The maximum Gasteiger partial charge on any atom is 0.247 e. The Bertz CT molecular complexity index is 1800. The summed E-state index contributed by atoms with van der Waals surface area (Å²) in [6.07, 6.45) is 5.96. The zero-order valence-corrected chi connectivity index (χ0v) is 25.2. The molecule has 0 bridgehead atoms. The largest absolute Gasteiger partial charge is 0.308 e. The average molecular weight is 588 g/mol. The van der Waals surface area contributed by atoms with Crippen LogP contribution in [-0.2, 0) is 16.0 Å². The van der Waals surface area contributed by atoms with Crippen molar-refractivity contribution in [1.29, 1.82) is 0 Å². The highest BCUT2D eigenvalue weighted by molar-refractivity contribution is 6.07. The average Bonchev–Trinajstić information content (AvgIpc) is 3.65. The fourth-order valence-corrected chi connectivity index (χ4v) is 6.95. The van der Waals surface area contributed by atoms with Crippen LogP contribution >= 0.6 is 0 Å². The number of para-hydroxylation sites is 4. The molecule has 2 amide bonds. The van der Waals surface area contributed by atoms with Gasteiger partial charge < -0.3 is 9.80 Å². The minimum Gasteiger partial charge on any atom is -0.308 e. The highest BCUT2D eigenvalue weighted by Gasteiger charge is 2.40. The van der Waals surface area contributed by atoms with Crippen molar-refractivity contribution in [2.75, 3.05) is 16.3 Å². The molecule has 9 nitrogen and oxygen atoms in total. The first-order valence-corrected chi connectivity index (χ1v) is 15.7. The Balaban J connectivity index is 1.35. The fourth-order valence-electron chi connectivity index (χ4n) is 6.95. The molecule has 1 atom stereocenters. The van der Waals surface area contributed by atoms with Gasteiger partial charge in [0.05, 0.1) is 22.6 Å². The van der Waals surface area contributed by atoms with Crippen LogP contribution in [0.25, 0.3) is 16.6 Å². The van der Waals surface area contributed by atoms with Crippen molar-refractivity contribution in [1.82, 2.24) is 25.0 Å². The van der Waals surface area contributed by atoms with Crippen molar-refractivity contribution in [2.45, 2.75) is 70.3 Å². The molecule has 3 heterocycles. The van der Waals surface area contributed by atoms with Gasteiger partial charge in [-0.05, 0) is 57.0 Å². The number of anilines is 2. The molecule has 2 aromatic heterocycles. The van der Waals surface area contributed by atoms with Crippen LogP contribution in [0.5, 0.6) is 0 Å².